The van der Waals surface area contributed by atoms with Gasteiger partial charge in [-0.3, -0.25) is 0 Å². The largest absolute Gasteiger partial charge is 0.0732 e. The molecule has 0 aliphatic heterocycles. The number of hydrogen-bond donors (Lipinski definition) is 0. The van der Waals surface area contributed by atoms with E-state index < -0.39 is 0 Å². The fraction of sp³-hybridized carbons (Fsp3) is 0.231. The Bertz CT molecular complexity index is 1550. The molecule has 0 heterocycles. The van der Waals surface area contributed by atoms with Crippen LogP contribution in [0.4, 0.5) is 0 Å². The van der Waals surface area contributed by atoms with E-state index in [1.165, 1.54) is 55.6 Å². The van der Waals surface area contributed by atoms with Crippen LogP contribution in [-0.4, -0.2) is 0 Å². The van der Waals surface area contributed by atoms with Crippen molar-refractivity contribution in [3.63, 3.8) is 0 Å². The van der Waals surface area contributed by atoms with Crippen molar-refractivity contribution >= 4 is 5.57 Å². The van der Waals surface area contributed by atoms with Crippen molar-refractivity contribution in [2.24, 2.45) is 0 Å². The van der Waals surface area contributed by atoms with Gasteiger partial charge in [0.15, 0.2) is 0 Å². The summed E-state index contributed by atoms with van der Waals surface area (Å²) in [6.45, 7) is 11.7. The van der Waals surface area contributed by atoms with Gasteiger partial charge in [0, 0.05) is 11.3 Å². The Balaban J connectivity index is 1.51. The first kappa shape index (κ1) is 25.4. The smallest absolute Gasteiger partial charge is 0.0208 e. The number of fused-ring (bicyclic) bond motifs is 3. The molecule has 0 aromatic heterocycles. The summed E-state index contributed by atoms with van der Waals surface area (Å²) in [6.07, 6.45) is 12.5. The van der Waals surface area contributed by atoms with Crippen LogP contribution >= 0.6 is 0 Å². The Morgan fingerprint density at radius 3 is 1.87 bits per heavy atom. The summed E-state index contributed by atoms with van der Waals surface area (Å²) >= 11 is 0. The fourth-order valence-electron chi connectivity index (χ4n) is 6.32. The van der Waals surface area contributed by atoms with Crippen LogP contribution in [0.3, 0.4) is 0 Å². The average molecular weight is 507 g/mol. The van der Waals surface area contributed by atoms with Crippen molar-refractivity contribution in [3.8, 4) is 11.1 Å². The first-order valence-electron chi connectivity index (χ1n) is 14.2. The van der Waals surface area contributed by atoms with Gasteiger partial charge in [0.05, 0.1) is 0 Å². The molecule has 0 saturated heterocycles. The lowest BCUT2D eigenvalue weighted by Crippen LogP contribution is -2.17. The number of rotatable bonds is 5. The van der Waals surface area contributed by atoms with Crippen LogP contribution in [-0.2, 0) is 17.3 Å². The van der Waals surface area contributed by atoms with E-state index in [0.29, 0.717) is 5.92 Å². The predicted molar refractivity (Wildman–Crippen MR) is 167 cm³/mol. The lowest BCUT2D eigenvalue weighted by Gasteiger charge is -2.26. The van der Waals surface area contributed by atoms with E-state index in [4.69, 9.17) is 0 Å². The molecule has 0 N–H and O–H groups in total. The molecule has 0 bridgehead atoms. The molecule has 0 nitrogen and oxygen atoms in total. The Kier molecular flexibility index (Phi) is 6.31. The van der Waals surface area contributed by atoms with Crippen molar-refractivity contribution in [3.05, 3.63) is 160 Å². The standard InChI is InChI=1S/C39H38/c1-38(2,3)30-23-32(27-19-12-13-20-27)34-25-35-31(33(34)24-30)21-14-22-37(35)39(4,5)26-36(28-15-8-6-9-16-28)29-17-10-7-11-18-29/h6-24,26-27H,25H2,1-5H3. The van der Waals surface area contributed by atoms with Gasteiger partial charge in [-0.15, -0.1) is 0 Å². The zero-order chi connectivity index (χ0) is 27.2. The highest BCUT2D eigenvalue weighted by molar-refractivity contribution is 5.83. The molecule has 6 rings (SSSR count). The van der Waals surface area contributed by atoms with Crippen LogP contribution in [0.1, 0.15) is 79.5 Å². The fourth-order valence-corrected chi connectivity index (χ4v) is 6.32. The third kappa shape index (κ3) is 4.74. The molecular weight excluding hydrogens is 468 g/mol. The van der Waals surface area contributed by atoms with Gasteiger partial charge in [-0.1, -0.05) is 156 Å². The summed E-state index contributed by atoms with van der Waals surface area (Å²) in [5.74, 6) is 0.356. The zero-order valence-electron chi connectivity index (χ0n) is 23.8. The van der Waals surface area contributed by atoms with Crippen molar-refractivity contribution in [1.82, 2.24) is 0 Å². The summed E-state index contributed by atoms with van der Waals surface area (Å²) < 4.78 is 0. The molecule has 0 amide bonds. The lowest BCUT2D eigenvalue weighted by atomic mass is 9.77. The maximum Gasteiger partial charge on any atom is 0.0208 e. The normalized spacial score (nSPS) is 14.4. The molecule has 194 valence electrons. The van der Waals surface area contributed by atoms with Crippen LogP contribution < -0.4 is 0 Å². The minimum atomic E-state index is -0.158. The zero-order valence-corrected chi connectivity index (χ0v) is 23.8. The minimum absolute atomic E-state index is 0.0957. The Morgan fingerprint density at radius 1 is 0.667 bits per heavy atom. The molecule has 0 atom stereocenters. The molecule has 0 saturated carbocycles. The van der Waals surface area contributed by atoms with Crippen LogP contribution in [0.25, 0.3) is 16.7 Å². The predicted octanol–water partition coefficient (Wildman–Crippen LogP) is 10.2. The highest BCUT2D eigenvalue weighted by Gasteiger charge is 2.32. The second-order valence-corrected chi connectivity index (χ2v) is 12.7. The molecule has 0 unspecified atom stereocenters. The first-order valence-corrected chi connectivity index (χ1v) is 14.2. The highest BCUT2D eigenvalue weighted by atomic mass is 14.4. The number of hydrogen-bond acceptors (Lipinski definition) is 0. The molecule has 2 aliphatic rings. The average Bonchev–Trinajstić information content (AvgIpc) is 3.60. The highest BCUT2D eigenvalue weighted by Crippen LogP contribution is 2.47. The van der Waals surface area contributed by atoms with E-state index >= 15 is 0 Å². The van der Waals surface area contributed by atoms with Crippen LogP contribution in [0, 0.1) is 0 Å². The molecule has 39 heavy (non-hydrogen) atoms. The number of benzene rings is 4. The van der Waals surface area contributed by atoms with Crippen molar-refractivity contribution < 1.29 is 0 Å². The second-order valence-electron chi connectivity index (χ2n) is 12.7. The SMILES string of the molecule is CC(C)(C)c1cc2c(c(C3C=CC=C3)c1)Cc1c-2cccc1C(C)(C)C=C(c1ccccc1)c1ccccc1. The molecule has 0 radical (unpaired) electrons. The van der Waals surface area contributed by atoms with Crippen molar-refractivity contribution in [2.75, 3.05) is 0 Å². The number of allylic oxidation sites excluding steroid dienone is 5. The maximum atomic E-state index is 2.49. The van der Waals surface area contributed by atoms with E-state index in [9.17, 15) is 0 Å². The molecule has 4 aromatic carbocycles. The van der Waals surface area contributed by atoms with Gasteiger partial charge in [0.2, 0.25) is 0 Å². The van der Waals surface area contributed by atoms with Gasteiger partial charge in [-0.25, -0.2) is 0 Å². The topological polar surface area (TPSA) is 0 Å². The Morgan fingerprint density at radius 2 is 1.28 bits per heavy atom. The summed E-state index contributed by atoms with van der Waals surface area (Å²) in [6, 6.07) is 33.5. The molecule has 0 spiro atoms. The van der Waals surface area contributed by atoms with E-state index in [1.54, 1.807) is 0 Å². The van der Waals surface area contributed by atoms with E-state index in [2.05, 4.69) is 156 Å². The monoisotopic (exact) mass is 506 g/mol. The third-order valence-corrected chi connectivity index (χ3v) is 8.45. The molecule has 0 fully saturated rings. The van der Waals surface area contributed by atoms with Crippen molar-refractivity contribution in [2.45, 2.75) is 57.8 Å². The van der Waals surface area contributed by atoms with Gasteiger partial charge in [-0.05, 0) is 67.5 Å². The molecular formula is C39H38. The van der Waals surface area contributed by atoms with Crippen LogP contribution in [0.5, 0.6) is 0 Å². The Hall–Kier alpha value is -3.90. The van der Waals surface area contributed by atoms with E-state index in [-0.39, 0.29) is 10.8 Å². The summed E-state index contributed by atoms with van der Waals surface area (Å²) in [7, 11) is 0. The molecule has 2 aliphatic carbocycles. The molecule has 4 aromatic rings. The summed E-state index contributed by atoms with van der Waals surface area (Å²) in [5, 5.41) is 0. The first-order chi connectivity index (χ1) is 18.7. The summed E-state index contributed by atoms with van der Waals surface area (Å²) in [4.78, 5) is 0. The van der Waals surface area contributed by atoms with Crippen LogP contribution in [0.2, 0.25) is 0 Å². The van der Waals surface area contributed by atoms with Gasteiger partial charge < -0.3 is 0 Å². The minimum Gasteiger partial charge on any atom is -0.0732 e. The van der Waals surface area contributed by atoms with Crippen LogP contribution in [0.15, 0.2) is 121 Å². The Labute approximate surface area is 234 Å². The van der Waals surface area contributed by atoms with Gasteiger partial charge in [0.25, 0.3) is 0 Å². The summed E-state index contributed by atoms with van der Waals surface area (Å²) in [5.41, 5.74) is 13.8. The third-order valence-electron chi connectivity index (χ3n) is 8.45. The molecule has 0 heteroatoms. The quantitative estimate of drug-likeness (QED) is 0.222. The van der Waals surface area contributed by atoms with Gasteiger partial charge >= 0.3 is 0 Å². The lowest BCUT2D eigenvalue weighted by molar-refractivity contribution is 0.589. The van der Waals surface area contributed by atoms with E-state index in [0.717, 1.165) is 6.42 Å². The van der Waals surface area contributed by atoms with Crippen molar-refractivity contribution in [1.29, 1.82) is 0 Å². The second kappa shape index (κ2) is 9.69. The van der Waals surface area contributed by atoms with Gasteiger partial charge in [-0.2, -0.15) is 0 Å². The van der Waals surface area contributed by atoms with Gasteiger partial charge in [0.1, 0.15) is 0 Å². The van der Waals surface area contributed by atoms with E-state index in [1.807, 2.05) is 0 Å². The maximum absolute atomic E-state index is 2.49.